The summed E-state index contributed by atoms with van der Waals surface area (Å²) in [7, 11) is 0. The summed E-state index contributed by atoms with van der Waals surface area (Å²) in [5.41, 5.74) is 2.39. The number of piperidine rings is 1. The quantitative estimate of drug-likeness (QED) is 0.594. The molecule has 1 atom stereocenters. The third-order valence-electron chi connectivity index (χ3n) is 5.65. The number of benzene rings is 2. The summed E-state index contributed by atoms with van der Waals surface area (Å²) >= 11 is 0. The fourth-order valence-electron chi connectivity index (χ4n) is 3.99. The topological polar surface area (TPSA) is 74.8 Å². The van der Waals surface area contributed by atoms with Gasteiger partial charge in [-0.3, -0.25) is 24.1 Å². The summed E-state index contributed by atoms with van der Waals surface area (Å²) in [6, 6.07) is 14.0. The zero-order valence-electron chi connectivity index (χ0n) is 16.3. The lowest BCUT2D eigenvalue weighted by Gasteiger charge is -2.33. The Bertz CT molecular complexity index is 961. The Hall–Kier alpha value is -3.28. The fraction of sp³-hybridized carbons (Fsp3) is 0.304. The minimum absolute atomic E-state index is 0.0308. The molecule has 0 bridgehead atoms. The molecule has 0 saturated carbocycles. The van der Waals surface area contributed by atoms with Gasteiger partial charge in [0, 0.05) is 24.6 Å². The third kappa shape index (κ3) is 3.58. The van der Waals surface area contributed by atoms with E-state index in [-0.39, 0.29) is 24.2 Å². The van der Waals surface area contributed by atoms with E-state index in [9.17, 15) is 19.2 Å². The molecule has 0 radical (unpaired) electrons. The molecule has 2 aliphatic heterocycles. The molecule has 0 aromatic heterocycles. The van der Waals surface area contributed by atoms with Crippen molar-refractivity contribution in [3.63, 3.8) is 0 Å². The Morgan fingerprint density at radius 3 is 2.21 bits per heavy atom. The van der Waals surface area contributed by atoms with Crippen LogP contribution in [0.5, 0.6) is 0 Å². The lowest BCUT2D eigenvalue weighted by Crippen LogP contribution is -2.47. The maximum Gasteiger partial charge on any atom is 0.262 e. The molecule has 0 spiro atoms. The smallest absolute Gasteiger partial charge is 0.262 e. The highest BCUT2D eigenvalue weighted by molar-refractivity contribution is 6.22. The van der Waals surface area contributed by atoms with Crippen LogP contribution >= 0.6 is 0 Å². The van der Waals surface area contributed by atoms with Gasteiger partial charge in [0.1, 0.15) is 6.54 Å². The van der Waals surface area contributed by atoms with Crippen LogP contribution in [0, 0.1) is 12.8 Å². The van der Waals surface area contributed by atoms with Gasteiger partial charge in [-0.25, -0.2) is 0 Å². The molecule has 1 fully saturated rings. The van der Waals surface area contributed by atoms with Gasteiger partial charge in [-0.05, 0) is 31.9 Å². The zero-order valence-corrected chi connectivity index (χ0v) is 16.3. The summed E-state index contributed by atoms with van der Waals surface area (Å²) < 4.78 is 0. The van der Waals surface area contributed by atoms with E-state index in [2.05, 4.69) is 0 Å². The molecule has 0 N–H and O–H groups in total. The molecule has 148 valence electrons. The van der Waals surface area contributed by atoms with Crippen LogP contribution < -0.4 is 0 Å². The molecule has 0 aliphatic carbocycles. The van der Waals surface area contributed by atoms with E-state index in [1.54, 1.807) is 29.2 Å². The van der Waals surface area contributed by atoms with Crippen molar-refractivity contribution < 1.29 is 19.2 Å². The fourth-order valence-corrected chi connectivity index (χ4v) is 3.99. The van der Waals surface area contributed by atoms with Gasteiger partial charge >= 0.3 is 0 Å². The first-order valence-corrected chi connectivity index (χ1v) is 9.79. The molecule has 6 nitrogen and oxygen atoms in total. The van der Waals surface area contributed by atoms with E-state index >= 15 is 0 Å². The number of aryl methyl sites for hydroxylation is 1. The number of carbonyl (C=O) groups is 4. The Balaban J connectivity index is 1.43. The van der Waals surface area contributed by atoms with Crippen molar-refractivity contribution in [1.82, 2.24) is 9.80 Å². The molecular formula is C23H22N2O4. The average Bonchev–Trinajstić information content (AvgIpc) is 2.99. The van der Waals surface area contributed by atoms with Crippen LogP contribution in [-0.2, 0) is 4.79 Å². The molecule has 29 heavy (non-hydrogen) atoms. The van der Waals surface area contributed by atoms with Crippen LogP contribution in [0.1, 0.15) is 49.5 Å². The number of amides is 3. The largest absolute Gasteiger partial charge is 0.340 e. The standard InChI is InChI=1S/C23H22N2O4/c1-15-8-10-16(11-9-15)21(27)17-5-4-12-24(13-17)20(26)14-25-22(28)18-6-2-3-7-19(18)23(25)29/h2-3,6-11,17H,4-5,12-14H2,1H3. The van der Waals surface area contributed by atoms with Gasteiger partial charge in [0.05, 0.1) is 11.1 Å². The summed E-state index contributed by atoms with van der Waals surface area (Å²) in [6.07, 6.45) is 1.44. The second-order valence-corrected chi connectivity index (χ2v) is 7.65. The number of fused-ring (bicyclic) bond motifs is 1. The molecule has 1 saturated heterocycles. The number of Topliss-reactive ketones (excluding diaryl/α,β-unsaturated/α-hetero) is 1. The highest BCUT2D eigenvalue weighted by Gasteiger charge is 2.38. The van der Waals surface area contributed by atoms with Gasteiger partial charge in [0.2, 0.25) is 5.91 Å². The Kier molecular flexibility index (Phi) is 5.01. The average molecular weight is 390 g/mol. The maximum absolute atomic E-state index is 12.8. The molecule has 2 aromatic rings. The van der Waals surface area contributed by atoms with Crippen LogP contribution in [0.4, 0.5) is 0 Å². The summed E-state index contributed by atoms with van der Waals surface area (Å²) in [4.78, 5) is 53.2. The normalized spacial score (nSPS) is 18.7. The number of imide groups is 1. The number of ketones is 1. The number of hydrogen-bond donors (Lipinski definition) is 0. The Morgan fingerprint density at radius 1 is 0.966 bits per heavy atom. The molecule has 2 aliphatic rings. The molecule has 2 heterocycles. The van der Waals surface area contributed by atoms with Gasteiger partial charge < -0.3 is 4.90 Å². The summed E-state index contributed by atoms with van der Waals surface area (Å²) in [6.45, 7) is 2.51. The predicted molar refractivity (Wildman–Crippen MR) is 107 cm³/mol. The van der Waals surface area contributed by atoms with Crippen molar-refractivity contribution in [3.8, 4) is 0 Å². The minimum Gasteiger partial charge on any atom is -0.340 e. The molecule has 4 rings (SSSR count). The first-order valence-electron chi connectivity index (χ1n) is 9.79. The monoisotopic (exact) mass is 390 g/mol. The number of rotatable bonds is 4. The van der Waals surface area contributed by atoms with E-state index in [4.69, 9.17) is 0 Å². The van der Waals surface area contributed by atoms with Gasteiger partial charge in [-0.2, -0.15) is 0 Å². The lowest BCUT2D eigenvalue weighted by molar-refractivity contribution is -0.132. The molecule has 3 amide bonds. The van der Waals surface area contributed by atoms with Crippen LogP contribution in [0.15, 0.2) is 48.5 Å². The number of carbonyl (C=O) groups excluding carboxylic acids is 4. The SMILES string of the molecule is Cc1ccc(C(=O)C2CCCN(C(=O)CN3C(=O)c4ccccc4C3=O)C2)cc1. The van der Waals surface area contributed by atoms with Crippen LogP contribution in [0.25, 0.3) is 0 Å². The van der Waals surface area contributed by atoms with Gasteiger partial charge in [-0.15, -0.1) is 0 Å². The van der Waals surface area contributed by atoms with Gasteiger partial charge in [0.15, 0.2) is 5.78 Å². The molecule has 1 unspecified atom stereocenters. The summed E-state index contributed by atoms with van der Waals surface area (Å²) in [5.74, 6) is -1.42. The molecular weight excluding hydrogens is 368 g/mol. The number of hydrogen-bond acceptors (Lipinski definition) is 4. The van der Waals surface area contributed by atoms with Gasteiger partial charge in [-0.1, -0.05) is 42.0 Å². The van der Waals surface area contributed by atoms with Crippen molar-refractivity contribution >= 4 is 23.5 Å². The molecule has 6 heteroatoms. The zero-order chi connectivity index (χ0) is 20.5. The second kappa shape index (κ2) is 7.62. The lowest BCUT2D eigenvalue weighted by atomic mass is 9.89. The van der Waals surface area contributed by atoms with E-state index < -0.39 is 11.8 Å². The van der Waals surface area contributed by atoms with E-state index in [1.165, 1.54) is 0 Å². The highest BCUT2D eigenvalue weighted by atomic mass is 16.2. The first-order chi connectivity index (χ1) is 14.0. The predicted octanol–water partition coefficient (Wildman–Crippen LogP) is 2.71. The third-order valence-corrected chi connectivity index (χ3v) is 5.65. The first kappa shape index (κ1) is 19.1. The molecule has 2 aromatic carbocycles. The van der Waals surface area contributed by atoms with Crippen LogP contribution in [0.2, 0.25) is 0 Å². The van der Waals surface area contributed by atoms with Crippen molar-refractivity contribution in [2.75, 3.05) is 19.6 Å². The van der Waals surface area contributed by atoms with E-state index in [1.807, 2.05) is 31.2 Å². The Labute approximate surface area is 169 Å². The summed E-state index contributed by atoms with van der Waals surface area (Å²) in [5, 5.41) is 0. The van der Waals surface area contributed by atoms with Crippen LogP contribution in [-0.4, -0.2) is 52.9 Å². The number of likely N-dealkylation sites (tertiary alicyclic amines) is 1. The van der Waals surface area contributed by atoms with Gasteiger partial charge in [0.25, 0.3) is 11.8 Å². The maximum atomic E-state index is 12.8. The van der Waals surface area contributed by atoms with Crippen molar-refractivity contribution in [2.24, 2.45) is 5.92 Å². The highest BCUT2D eigenvalue weighted by Crippen LogP contribution is 2.24. The van der Waals surface area contributed by atoms with Crippen molar-refractivity contribution in [1.29, 1.82) is 0 Å². The second-order valence-electron chi connectivity index (χ2n) is 7.65. The van der Waals surface area contributed by atoms with E-state index in [0.29, 0.717) is 29.8 Å². The van der Waals surface area contributed by atoms with Crippen LogP contribution in [0.3, 0.4) is 0 Å². The number of nitrogens with zero attached hydrogens (tertiary/aromatic N) is 2. The van der Waals surface area contributed by atoms with Crippen molar-refractivity contribution in [3.05, 3.63) is 70.8 Å². The van der Waals surface area contributed by atoms with E-state index in [0.717, 1.165) is 23.3 Å². The van der Waals surface area contributed by atoms with Crippen molar-refractivity contribution in [2.45, 2.75) is 19.8 Å². The Morgan fingerprint density at radius 2 is 1.59 bits per heavy atom. The minimum atomic E-state index is -0.441.